The van der Waals surface area contributed by atoms with E-state index in [1.807, 2.05) is 18.4 Å². The largest absolute Gasteiger partial charge is 0.344 e. The Morgan fingerprint density at radius 1 is 1.23 bits per heavy atom. The Morgan fingerprint density at radius 2 is 1.86 bits per heavy atom. The van der Waals surface area contributed by atoms with Crippen molar-refractivity contribution in [3.8, 4) is 0 Å². The van der Waals surface area contributed by atoms with E-state index < -0.39 is 4.87 Å². The van der Waals surface area contributed by atoms with Crippen LogP contribution >= 0.6 is 11.8 Å². The fourth-order valence-electron chi connectivity index (χ4n) is 2.37. The Morgan fingerprint density at radius 3 is 2.45 bits per heavy atom. The van der Waals surface area contributed by atoms with Crippen molar-refractivity contribution in [3.05, 3.63) is 47.0 Å². The van der Waals surface area contributed by atoms with Crippen molar-refractivity contribution in [1.82, 2.24) is 10.6 Å². The van der Waals surface area contributed by atoms with Crippen LogP contribution in [-0.2, 0) is 22.4 Å². The molecule has 1 fully saturated rings. The van der Waals surface area contributed by atoms with Crippen LogP contribution in [0.15, 0.2) is 35.9 Å². The lowest BCUT2D eigenvalue weighted by Crippen LogP contribution is -2.64. The molecule has 1 atom stereocenters. The monoisotopic (exact) mass is 318 g/mol. The van der Waals surface area contributed by atoms with Crippen LogP contribution < -0.4 is 10.6 Å². The Hall–Kier alpha value is -1.75. The molecule has 1 aromatic carbocycles. The highest BCUT2D eigenvalue weighted by Gasteiger charge is 2.42. The van der Waals surface area contributed by atoms with Gasteiger partial charge in [0.25, 0.3) is 5.91 Å². The summed E-state index contributed by atoms with van der Waals surface area (Å²) >= 11 is 1.36. The summed E-state index contributed by atoms with van der Waals surface area (Å²) in [4.78, 5) is 22.9. The number of rotatable bonds is 5. The van der Waals surface area contributed by atoms with Crippen molar-refractivity contribution in [3.63, 3.8) is 0 Å². The minimum Gasteiger partial charge on any atom is -0.344 e. The second-order valence-corrected chi connectivity index (χ2v) is 6.85. The first kappa shape index (κ1) is 16.6. The van der Waals surface area contributed by atoms with E-state index in [1.165, 1.54) is 22.9 Å². The summed E-state index contributed by atoms with van der Waals surface area (Å²) in [6.07, 6.45) is 5.42. The Bertz CT molecular complexity index is 591. The molecule has 1 saturated heterocycles. The van der Waals surface area contributed by atoms with E-state index in [-0.39, 0.29) is 18.4 Å². The molecule has 0 unspecified atom stereocenters. The lowest BCUT2D eigenvalue weighted by molar-refractivity contribution is -0.134. The zero-order chi connectivity index (χ0) is 16.2. The maximum atomic E-state index is 12.2. The molecule has 5 heteroatoms. The summed E-state index contributed by atoms with van der Waals surface area (Å²) in [6, 6.07) is 8.21. The number of allylic oxidation sites excluding steroid dienone is 2. The highest BCUT2D eigenvalue weighted by Crippen LogP contribution is 2.27. The van der Waals surface area contributed by atoms with Crippen LogP contribution in [0.2, 0.25) is 0 Å². The van der Waals surface area contributed by atoms with Crippen molar-refractivity contribution >= 4 is 23.6 Å². The molecule has 0 bridgehead atoms. The summed E-state index contributed by atoms with van der Waals surface area (Å²) in [5.74, 6) is -0.276. The molecule has 118 valence electrons. The number of carbonyl (C=O) groups is 2. The van der Waals surface area contributed by atoms with Gasteiger partial charge in [0.15, 0.2) is 4.87 Å². The van der Waals surface area contributed by atoms with Crippen molar-refractivity contribution < 1.29 is 9.59 Å². The van der Waals surface area contributed by atoms with Gasteiger partial charge in [-0.3, -0.25) is 9.59 Å². The third kappa shape index (κ3) is 3.91. The summed E-state index contributed by atoms with van der Waals surface area (Å²) in [5.41, 5.74) is 3.57. The van der Waals surface area contributed by atoms with Gasteiger partial charge in [-0.2, -0.15) is 0 Å². The highest BCUT2D eigenvalue weighted by molar-refractivity contribution is 8.00. The number of amides is 2. The molecule has 22 heavy (non-hydrogen) atoms. The Labute approximate surface area is 135 Å². The SMILES string of the molecule is CS[C@]1(Cc2ccc(CC=C(C)C)cc2)NC(=O)CNC1=O. The average Bonchev–Trinajstić information content (AvgIpc) is 2.50. The summed E-state index contributed by atoms with van der Waals surface area (Å²) < 4.78 is 0. The van der Waals surface area contributed by atoms with Gasteiger partial charge >= 0.3 is 0 Å². The predicted octanol–water partition coefficient (Wildman–Crippen LogP) is 2.04. The molecule has 1 aliphatic rings. The summed E-state index contributed by atoms with van der Waals surface area (Å²) in [7, 11) is 0. The number of thioether (sulfide) groups is 1. The quantitative estimate of drug-likeness (QED) is 0.817. The minimum atomic E-state index is -0.906. The smallest absolute Gasteiger partial charge is 0.257 e. The van der Waals surface area contributed by atoms with Gasteiger partial charge in [0, 0.05) is 6.42 Å². The molecule has 0 saturated carbocycles. The first-order chi connectivity index (χ1) is 10.4. The number of piperazine rings is 1. The zero-order valence-electron chi connectivity index (χ0n) is 13.2. The van der Waals surface area contributed by atoms with E-state index in [0.717, 1.165) is 12.0 Å². The van der Waals surface area contributed by atoms with Gasteiger partial charge < -0.3 is 10.6 Å². The molecular formula is C17H22N2O2S. The van der Waals surface area contributed by atoms with Crippen LogP contribution in [0.25, 0.3) is 0 Å². The summed E-state index contributed by atoms with van der Waals surface area (Å²) in [5, 5.41) is 5.49. The number of carbonyl (C=O) groups excluding carboxylic acids is 2. The molecule has 1 heterocycles. The molecular weight excluding hydrogens is 296 g/mol. The molecule has 2 amide bonds. The fourth-order valence-corrected chi connectivity index (χ4v) is 3.16. The number of nitrogens with one attached hydrogen (secondary N) is 2. The van der Waals surface area contributed by atoms with Gasteiger partial charge in [-0.15, -0.1) is 11.8 Å². The van der Waals surface area contributed by atoms with Gasteiger partial charge in [0.2, 0.25) is 5.91 Å². The van der Waals surface area contributed by atoms with E-state index in [2.05, 4.69) is 42.7 Å². The molecule has 2 rings (SSSR count). The molecule has 1 aliphatic heterocycles. The van der Waals surface area contributed by atoms with Gasteiger partial charge in [0.1, 0.15) is 0 Å². The van der Waals surface area contributed by atoms with Crippen LogP contribution in [0.1, 0.15) is 25.0 Å². The molecule has 0 spiro atoms. The molecule has 0 radical (unpaired) electrons. The van der Waals surface area contributed by atoms with E-state index >= 15 is 0 Å². The highest BCUT2D eigenvalue weighted by atomic mass is 32.2. The third-order valence-electron chi connectivity index (χ3n) is 3.69. The summed E-state index contributed by atoms with van der Waals surface area (Å²) in [6.45, 7) is 4.23. The van der Waals surface area contributed by atoms with Gasteiger partial charge in [0.05, 0.1) is 6.54 Å². The maximum absolute atomic E-state index is 12.2. The van der Waals surface area contributed by atoms with Crippen molar-refractivity contribution in [2.45, 2.75) is 31.6 Å². The number of hydrogen-bond donors (Lipinski definition) is 2. The van der Waals surface area contributed by atoms with Crippen molar-refractivity contribution in [1.29, 1.82) is 0 Å². The molecule has 2 N–H and O–H groups in total. The molecule has 1 aromatic rings. The van der Waals surface area contributed by atoms with Gasteiger partial charge in [-0.1, -0.05) is 35.9 Å². The van der Waals surface area contributed by atoms with Crippen LogP contribution in [0.3, 0.4) is 0 Å². The predicted molar refractivity (Wildman–Crippen MR) is 90.7 cm³/mol. The second-order valence-electron chi connectivity index (χ2n) is 5.74. The number of benzene rings is 1. The van der Waals surface area contributed by atoms with E-state index in [0.29, 0.717) is 6.42 Å². The van der Waals surface area contributed by atoms with Gasteiger partial charge in [-0.25, -0.2) is 0 Å². The van der Waals surface area contributed by atoms with Crippen LogP contribution in [0.5, 0.6) is 0 Å². The van der Waals surface area contributed by atoms with E-state index in [9.17, 15) is 9.59 Å². The van der Waals surface area contributed by atoms with E-state index in [1.54, 1.807) is 0 Å². The lowest BCUT2D eigenvalue weighted by atomic mass is 10.0. The third-order valence-corrected chi connectivity index (χ3v) is 4.82. The first-order valence-electron chi connectivity index (χ1n) is 7.31. The van der Waals surface area contributed by atoms with Crippen LogP contribution in [-0.4, -0.2) is 29.5 Å². The Balaban J connectivity index is 2.12. The Kier molecular flexibility index (Phi) is 5.29. The molecule has 0 aromatic heterocycles. The maximum Gasteiger partial charge on any atom is 0.257 e. The topological polar surface area (TPSA) is 58.2 Å². The van der Waals surface area contributed by atoms with Gasteiger partial charge in [-0.05, 0) is 37.7 Å². The van der Waals surface area contributed by atoms with Crippen LogP contribution in [0, 0.1) is 0 Å². The van der Waals surface area contributed by atoms with Crippen molar-refractivity contribution in [2.24, 2.45) is 0 Å². The zero-order valence-corrected chi connectivity index (χ0v) is 14.0. The molecule has 4 nitrogen and oxygen atoms in total. The average molecular weight is 318 g/mol. The van der Waals surface area contributed by atoms with Crippen LogP contribution in [0.4, 0.5) is 0 Å². The molecule has 0 aliphatic carbocycles. The first-order valence-corrected chi connectivity index (χ1v) is 8.53. The number of hydrogen-bond acceptors (Lipinski definition) is 3. The lowest BCUT2D eigenvalue weighted by Gasteiger charge is -2.35. The van der Waals surface area contributed by atoms with E-state index in [4.69, 9.17) is 0 Å². The normalized spacial score (nSPS) is 21.0. The van der Waals surface area contributed by atoms with Crippen molar-refractivity contribution in [2.75, 3.05) is 12.8 Å². The standard InChI is InChI=1S/C17H22N2O2S/c1-12(2)4-5-13-6-8-14(9-7-13)10-17(22-3)16(21)18-11-15(20)19-17/h4,6-9H,5,10-11H2,1-3H3,(H,18,21)(H,19,20)/t17-/m0/s1. The second kappa shape index (κ2) is 7.01. The minimum absolute atomic E-state index is 0.0583. The fraction of sp³-hybridized carbons (Fsp3) is 0.412.